The molecule has 0 aromatic heterocycles. The van der Waals surface area contributed by atoms with Crippen molar-refractivity contribution in [3.63, 3.8) is 0 Å². The van der Waals surface area contributed by atoms with Crippen LogP contribution >= 0.6 is 11.8 Å². The Morgan fingerprint density at radius 1 is 1.03 bits per heavy atom. The van der Waals surface area contributed by atoms with E-state index in [-0.39, 0.29) is 11.5 Å². The molecule has 2 amide bonds. The monoisotopic (exact) mass is 483 g/mol. The summed E-state index contributed by atoms with van der Waals surface area (Å²) in [4.78, 5) is 28.3. The molecule has 0 aliphatic carbocycles. The quantitative estimate of drug-likeness (QED) is 0.376. The lowest BCUT2D eigenvalue weighted by Crippen LogP contribution is -2.31. The number of aryl methyl sites for hydroxylation is 2. The largest absolute Gasteiger partial charge is 0.497 e. The number of nitrogens with zero attached hydrogens (tertiary/aromatic N) is 2. The molecule has 0 spiro atoms. The minimum absolute atomic E-state index is 0.102. The van der Waals surface area contributed by atoms with Crippen molar-refractivity contribution >= 4 is 35.0 Å². The fourth-order valence-corrected chi connectivity index (χ4v) is 5.19. The predicted molar refractivity (Wildman–Crippen MR) is 139 cm³/mol. The summed E-state index contributed by atoms with van der Waals surface area (Å²) in [6.07, 6.45) is 0.491. The van der Waals surface area contributed by atoms with E-state index in [1.807, 2.05) is 56.3 Å². The van der Waals surface area contributed by atoms with Crippen LogP contribution in [-0.4, -0.2) is 24.2 Å². The molecule has 1 saturated heterocycles. The number of anilines is 2. The van der Waals surface area contributed by atoms with Crippen LogP contribution in [0.15, 0.2) is 83.4 Å². The van der Waals surface area contributed by atoms with Crippen molar-refractivity contribution in [1.29, 1.82) is 5.26 Å². The molecular formula is C28H25N3O3S. The third-order valence-corrected chi connectivity index (χ3v) is 7.16. The molecule has 0 radical (unpaired) electrons. The zero-order valence-corrected chi connectivity index (χ0v) is 20.6. The standard InChI is InChI=1S/C28H25N3O3S/c1-18-8-4-6-10-20(18)16-25-27(33)31(21-12-14-22(34-3)15-13-21)28(35-25)23(17-29)26(32)30-24-11-7-5-9-19(24)2/h4-15,25H,16H2,1-3H3,(H,30,32)/b28-23-. The molecule has 1 heterocycles. The minimum Gasteiger partial charge on any atom is -0.497 e. The molecule has 3 aromatic carbocycles. The number of nitriles is 1. The summed E-state index contributed by atoms with van der Waals surface area (Å²) in [5.41, 5.74) is 4.11. The normalized spacial score (nSPS) is 16.6. The lowest BCUT2D eigenvalue weighted by atomic mass is 10.0. The van der Waals surface area contributed by atoms with Crippen molar-refractivity contribution in [2.75, 3.05) is 17.3 Å². The second kappa shape index (κ2) is 10.5. The SMILES string of the molecule is COc1ccc(N2C(=O)C(Cc3ccccc3C)S/C2=C(/C#N)C(=O)Nc2ccccc2C)cc1. The Morgan fingerprint density at radius 3 is 2.31 bits per heavy atom. The maximum atomic E-state index is 13.6. The summed E-state index contributed by atoms with van der Waals surface area (Å²) < 4.78 is 5.25. The first kappa shape index (κ1) is 24.1. The number of methoxy groups -OCH3 is 1. The number of carbonyl (C=O) groups excluding carboxylic acids is 2. The second-order valence-corrected chi connectivity index (χ2v) is 9.36. The van der Waals surface area contributed by atoms with Crippen LogP contribution in [-0.2, 0) is 16.0 Å². The Morgan fingerprint density at radius 2 is 1.69 bits per heavy atom. The molecule has 7 heteroatoms. The molecule has 1 unspecified atom stereocenters. The van der Waals surface area contributed by atoms with Crippen LogP contribution in [0.1, 0.15) is 16.7 Å². The number of benzene rings is 3. The van der Waals surface area contributed by atoms with Gasteiger partial charge in [-0.2, -0.15) is 5.26 Å². The number of para-hydroxylation sites is 1. The smallest absolute Gasteiger partial charge is 0.269 e. The average molecular weight is 484 g/mol. The first-order valence-corrected chi connectivity index (χ1v) is 12.0. The topological polar surface area (TPSA) is 82.4 Å². The molecule has 0 bridgehead atoms. The average Bonchev–Trinajstić information content (AvgIpc) is 3.18. The van der Waals surface area contributed by atoms with Crippen molar-refractivity contribution in [3.8, 4) is 11.8 Å². The highest BCUT2D eigenvalue weighted by molar-refractivity contribution is 8.05. The molecule has 35 heavy (non-hydrogen) atoms. The van der Waals surface area contributed by atoms with Crippen molar-refractivity contribution in [1.82, 2.24) is 0 Å². The zero-order chi connectivity index (χ0) is 24.9. The van der Waals surface area contributed by atoms with Crippen LogP contribution in [0.4, 0.5) is 11.4 Å². The maximum absolute atomic E-state index is 13.6. The fraction of sp³-hybridized carbons (Fsp3) is 0.179. The molecule has 1 N–H and O–H groups in total. The number of amides is 2. The highest BCUT2D eigenvalue weighted by Gasteiger charge is 2.41. The first-order chi connectivity index (χ1) is 16.9. The summed E-state index contributed by atoms with van der Waals surface area (Å²) in [7, 11) is 1.57. The number of ether oxygens (including phenoxy) is 1. The molecular weight excluding hydrogens is 458 g/mol. The highest BCUT2D eigenvalue weighted by atomic mass is 32.2. The Bertz CT molecular complexity index is 1340. The number of nitrogens with one attached hydrogen (secondary N) is 1. The van der Waals surface area contributed by atoms with Gasteiger partial charge in [0.25, 0.3) is 5.91 Å². The number of hydrogen-bond acceptors (Lipinski definition) is 5. The van der Waals surface area contributed by atoms with Gasteiger partial charge in [0.1, 0.15) is 22.4 Å². The Balaban J connectivity index is 1.75. The van der Waals surface area contributed by atoms with E-state index in [2.05, 4.69) is 11.4 Å². The van der Waals surface area contributed by atoms with Gasteiger partial charge in [0.05, 0.1) is 12.4 Å². The highest BCUT2D eigenvalue weighted by Crippen LogP contribution is 2.42. The minimum atomic E-state index is -0.549. The van der Waals surface area contributed by atoms with Gasteiger partial charge in [-0.15, -0.1) is 0 Å². The molecule has 1 atom stereocenters. The van der Waals surface area contributed by atoms with Gasteiger partial charge in [0.15, 0.2) is 0 Å². The number of carbonyl (C=O) groups is 2. The summed E-state index contributed by atoms with van der Waals surface area (Å²) in [5.74, 6) is -0.0742. The Kier molecular flexibility index (Phi) is 7.23. The number of rotatable bonds is 6. The van der Waals surface area contributed by atoms with Gasteiger partial charge in [-0.1, -0.05) is 54.2 Å². The van der Waals surface area contributed by atoms with Crippen molar-refractivity contribution in [2.45, 2.75) is 25.5 Å². The van der Waals surface area contributed by atoms with E-state index in [4.69, 9.17) is 4.74 Å². The van der Waals surface area contributed by atoms with Crippen molar-refractivity contribution in [3.05, 3.63) is 100 Å². The predicted octanol–water partition coefficient (Wildman–Crippen LogP) is 5.38. The van der Waals surface area contributed by atoms with Gasteiger partial charge in [0.2, 0.25) is 5.91 Å². The molecule has 176 valence electrons. The Hall–Kier alpha value is -4.02. The van der Waals surface area contributed by atoms with Crippen molar-refractivity contribution < 1.29 is 14.3 Å². The van der Waals surface area contributed by atoms with E-state index in [0.717, 1.165) is 16.7 Å². The summed E-state index contributed by atoms with van der Waals surface area (Å²) in [6.45, 7) is 3.89. The van der Waals surface area contributed by atoms with Crippen molar-refractivity contribution in [2.24, 2.45) is 0 Å². The summed E-state index contributed by atoms with van der Waals surface area (Å²) >= 11 is 1.25. The first-order valence-electron chi connectivity index (χ1n) is 11.1. The van der Waals surface area contributed by atoms with Crippen LogP contribution in [0.25, 0.3) is 0 Å². The van der Waals surface area contributed by atoms with Crippen LogP contribution in [0.3, 0.4) is 0 Å². The molecule has 4 rings (SSSR count). The van der Waals surface area contributed by atoms with E-state index in [0.29, 0.717) is 28.6 Å². The van der Waals surface area contributed by atoms with Crippen LogP contribution in [0, 0.1) is 25.2 Å². The summed E-state index contributed by atoms with van der Waals surface area (Å²) in [6, 6.07) is 24.3. The zero-order valence-electron chi connectivity index (χ0n) is 19.7. The molecule has 0 saturated carbocycles. The lowest BCUT2D eigenvalue weighted by molar-refractivity contribution is -0.117. The van der Waals surface area contributed by atoms with Gasteiger partial charge >= 0.3 is 0 Å². The number of thioether (sulfide) groups is 1. The van der Waals surface area contributed by atoms with E-state index in [9.17, 15) is 14.9 Å². The van der Waals surface area contributed by atoms with Crippen LogP contribution < -0.4 is 15.0 Å². The van der Waals surface area contributed by atoms with Crippen LogP contribution in [0.5, 0.6) is 5.75 Å². The van der Waals surface area contributed by atoms with Gasteiger partial charge in [-0.25, -0.2) is 0 Å². The fourth-order valence-electron chi connectivity index (χ4n) is 3.89. The van der Waals surface area contributed by atoms with E-state index in [1.165, 1.54) is 16.7 Å². The third kappa shape index (κ3) is 5.08. The lowest BCUT2D eigenvalue weighted by Gasteiger charge is -2.19. The van der Waals surface area contributed by atoms with Gasteiger partial charge < -0.3 is 10.1 Å². The number of hydrogen-bond donors (Lipinski definition) is 1. The molecule has 1 aliphatic heterocycles. The van der Waals surface area contributed by atoms with Gasteiger partial charge in [-0.3, -0.25) is 14.5 Å². The second-order valence-electron chi connectivity index (χ2n) is 8.17. The van der Waals surface area contributed by atoms with Gasteiger partial charge in [0, 0.05) is 11.4 Å². The third-order valence-electron chi connectivity index (χ3n) is 5.90. The molecule has 6 nitrogen and oxygen atoms in total. The molecule has 1 aliphatic rings. The Labute approximate surface area is 209 Å². The van der Waals surface area contributed by atoms with Crippen LogP contribution in [0.2, 0.25) is 0 Å². The maximum Gasteiger partial charge on any atom is 0.269 e. The molecule has 1 fully saturated rings. The molecule has 3 aromatic rings. The van der Waals surface area contributed by atoms with E-state index < -0.39 is 11.2 Å². The van der Waals surface area contributed by atoms with E-state index in [1.54, 1.807) is 37.4 Å². The summed E-state index contributed by atoms with van der Waals surface area (Å²) in [5, 5.41) is 12.7. The van der Waals surface area contributed by atoms with E-state index >= 15 is 0 Å². The van der Waals surface area contributed by atoms with Gasteiger partial charge in [-0.05, 0) is 67.3 Å².